The number of anilines is 2. The number of hydrogen-bond acceptors (Lipinski definition) is 10. The molecule has 14 heteroatoms. The molecule has 0 saturated carbocycles. The van der Waals surface area contributed by atoms with Crippen LogP contribution in [0.4, 0.5) is 11.6 Å². The van der Waals surface area contributed by atoms with E-state index in [0.717, 1.165) is 65.2 Å². The fourth-order valence-corrected chi connectivity index (χ4v) is 5.79. The van der Waals surface area contributed by atoms with E-state index in [2.05, 4.69) is 30.4 Å². The molecule has 0 aromatic carbocycles. The molecule has 4 aromatic heterocycles. The first kappa shape index (κ1) is 32.6. The van der Waals surface area contributed by atoms with Gasteiger partial charge >= 0.3 is 11.9 Å². The first-order valence-electron chi connectivity index (χ1n) is 15.7. The molecule has 0 bridgehead atoms. The molecule has 4 aromatic rings. The van der Waals surface area contributed by atoms with Crippen LogP contribution in [0.1, 0.15) is 47.4 Å². The summed E-state index contributed by atoms with van der Waals surface area (Å²) in [6.45, 7) is 12.1. The highest BCUT2D eigenvalue weighted by Gasteiger charge is 2.18. The Morgan fingerprint density at radius 1 is 0.696 bits per heavy atom. The summed E-state index contributed by atoms with van der Waals surface area (Å²) in [5.41, 5.74) is -0.601. The zero-order valence-electron chi connectivity index (χ0n) is 26.2. The third kappa shape index (κ3) is 7.18. The highest BCUT2D eigenvalue weighted by Crippen LogP contribution is 2.16. The molecule has 0 unspecified atom stereocenters. The Hall–Kier alpha value is -4.82. The Labute approximate surface area is 265 Å². The number of piperazine rings is 1. The van der Waals surface area contributed by atoms with Gasteiger partial charge < -0.3 is 39.8 Å². The lowest BCUT2D eigenvalue weighted by molar-refractivity contribution is 0.0684. The van der Waals surface area contributed by atoms with Crippen molar-refractivity contribution in [1.82, 2.24) is 28.9 Å². The summed E-state index contributed by atoms with van der Waals surface area (Å²) in [7, 11) is 0. The molecule has 14 nitrogen and oxygen atoms in total. The van der Waals surface area contributed by atoms with E-state index in [4.69, 9.17) is 0 Å². The summed E-state index contributed by atoms with van der Waals surface area (Å²) in [4.78, 5) is 62.0. The Morgan fingerprint density at radius 2 is 1.09 bits per heavy atom. The summed E-state index contributed by atoms with van der Waals surface area (Å²) in [6, 6.07) is 6.72. The van der Waals surface area contributed by atoms with Gasteiger partial charge in [-0.15, -0.1) is 0 Å². The standard InChI is InChI=1S/C32H40N8O6/c1-3-39-19-23(31(43)44)27(41)21-7-9-25(35-29(21)39)33-11-5-13-37-15-17-38(18-16-37)14-6-12-34-26-10-8-22-28(42)24(32(45)46)20-40(4-2)30(22)36-26/h7-10,19-20H,3-6,11-18H2,1-2H3,(H,33,35)(H,34,36)(H,43,44)(H,45,46). The zero-order valence-corrected chi connectivity index (χ0v) is 26.2. The molecule has 244 valence electrons. The number of carbonyl (C=O) groups is 2. The molecule has 0 aliphatic carbocycles. The minimum Gasteiger partial charge on any atom is -0.477 e. The van der Waals surface area contributed by atoms with Crippen LogP contribution in [-0.2, 0) is 13.1 Å². The van der Waals surface area contributed by atoms with Gasteiger partial charge in [-0.1, -0.05) is 0 Å². The molecular formula is C32H40N8O6. The third-order valence-corrected chi connectivity index (χ3v) is 8.36. The number of carboxylic acid groups (broad SMARTS) is 2. The van der Waals surface area contributed by atoms with E-state index in [1.54, 1.807) is 33.4 Å². The van der Waals surface area contributed by atoms with E-state index in [1.807, 2.05) is 13.8 Å². The van der Waals surface area contributed by atoms with Gasteiger partial charge in [0, 0.05) is 64.8 Å². The van der Waals surface area contributed by atoms with E-state index in [1.165, 1.54) is 12.4 Å². The van der Waals surface area contributed by atoms with Crippen LogP contribution in [0.3, 0.4) is 0 Å². The fourth-order valence-electron chi connectivity index (χ4n) is 5.79. The number of hydrogen-bond donors (Lipinski definition) is 4. The van der Waals surface area contributed by atoms with Gasteiger partial charge in [0.25, 0.3) is 0 Å². The van der Waals surface area contributed by atoms with Gasteiger partial charge in [-0.05, 0) is 64.0 Å². The van der Waals surface area contributed by atoms with Crippen molar-refractivity contribution in [3.05, 3.63) is 68.2 Å². The van der Waals surface area contributed by atoms with Gasteiger partial charge in [0.15, 0.2) is 0 Å². The van der Waals surface area contributed by atoms with Gasteiger partial charge in [0.05, 0.1) is 10.8 Å². The Morgan fingerprint density at radius 3 is 1.43 bits per heavy atom. The van der Waals surface area contributed by atoms with Crippen molar-refractivity contribution in [2.45, 2.75) is 39.8 Å². The van der Waals surface area contributed by atoms with Gasteiger partial charge in [0.1, 0.15) is 34.1 Å². The average Bonchev–Trinajstić information content (AvgIpc) is 3.05. The van der Waals surface area contributed by atoms with Crippen LogP contribution in [0.5, 0.6) is 0 Å². The minimum atomic E-state index is -1.24. The largest absolute Gasteiger partial charge is 0.477 e. The molecule has 1 fully saturated rings. The number of pyridine rings is 4. The van der Waals surface area contributed by atoms with Crippen molar-refractivity contribution in [3.8, 4) is 0 Å². The summed E-state index contributed by atoms with van der Waals surface area (Å²) in [6.07, 6.45) is 4.58. The van der Waals surface area contributed by atoms with Crippen LogP contribution in [0.15, 0.2) is 46.2 Å². The number of fused-ring (bicyclic) bond motifs is 2. The smallest absolute Gasteiger partial charge is 0.341 e. The second kappa shape index (κ2) is 14.5. The van der Waals surface area contributed by atoms with Crippen LogP contribution in [0.25, 0.3) is 22.1 Å². The van der Waals surface area contributed by atoms with Gasteiger partial charge in [-0.3, -0.25) is 9.59 Å². The van der Waals surface area contributed by atoms with Crippen molar-refractivity contribution < 1.29 is 19.8 Å². The zero-order chi connectivity index (χ0) is 32.8. The van der Waals surface area contributed by atoms with Crippen LogP contribution in [0.2, 0.25) is 0 Å². The van der Waals surface area contributed by atoms with E-state index in [9.17, 15) is 29.4 Å². The SMILES string of the molecule is CCn1cc(C(=O)O)c(=O)c2ccc(NCCCN3CCN(CCCNc4ccc5c(=O)c(C(=O)O)cn(CC)c5n4)CC3)nc21. The van der Waals surface area contributed by atoms with Crippen LogP contribution < -0.4 is 21.5 Å². The second-order valence-corrected chi connectivity index (χ2v) is 11.3. The Kier molecular flexibility index (Phi) is 10.3. The molecule has 1 saturated heterocycles. The maximum atomic E-state index is 12.5. The second-order valence-electron chi connectivity index (χ2n) is 11.3. The van der Waals surface area contributed by atoms with Crippen molar-refractivity contribution >= 4 is 45.6 Å². The van der Waals surface area contributed by atoms with E-state index >= 15 is 0 Å². The summed E-state index contributed by atoms with van der Waals surface area (Å²) in [5, 5.41) is 25.9. The lowest BCUT2D eigenvalue weighted by Crippen LogP contribution is -2.47. The maximum Gasteiger partial charge on any atom is 0.341 e. The fraction of sp³-hybridized carbons (Fsp3) is 0.438. The van der Waals surface area contributed by atoms with Crippen LogP contribution in [0, 0.1) is 0 Å². The predicted molar refractivity (Wildman–Crippen MR) is 176 cm³/mol. The van der Waals surface area contributed by atoms with Gasteiger partial charge in [0.2, 0.25) is 10.9 Å². The lowest BCUT2D eigenvalue weighted by atomic mass is 10.2. The number of aryl methyl sites for hydroxylation is 2. The monoisotopic (exact) mass is 632 g/mol. The number of aromatic nitrogens is 4. The van der Waals surface area contributed by atoms with E-state index in [-0.39, 0.29) is 11.1 Å². The minimum absolute atomic E-state index is 0.252. The number of nitrogens with zero attached hydrogens (tertiary/aromatic N) is 6. The molecule has 4 N–H and O–H groups in total. The van der Waals surface area contributed by atoms with Crippen LogP contribution >= 0.6 is 0 Å². The Balaban J connectivity index is 1.03. The molecule has 0 amide bonds. The molecule has 0 atom stereocenters. The summed E-state index contributed by atoms with van der Waals surface area (Å²) >= 11 is 0. The average molecular weight is 633 g/mol. The molecule has 46 heavy (non-hydrogen) atoms. The molecule has 5 heterocycles. The molecule has 1 aliphatic heterocycles. The van der Waals surface area contributed by atoms with E-state index < -0.39 is 22.8 Å². The molecular weight excluding hydrogens is 592 g/mol. The summed E-state index contributed by atoms with van der Waals surface area (Å²) in [5.74, 6) is -1.17. The van der Waals surface area contributed by atoms with Crippen molar-refractivity contribution in [2.24, 2.45) is 0 Å². The number of rotatable bonds is 14. The van der Waals surface area contributed by atoms with Gasteiger partial charge in [-0.2, -0.15) is 0 Å². The molecule has 0 radical (unpaired) electrons. The Bertz CT molecular complexity index is 1730. The maximum absolute atomic E-state index is 12.5. The molecule has 1 aliphatic rings. The predicted octanol–water partition coefficient (Wildman–Crippen LogP) is 2.46. The topological polar surface area (TPSA) is 175 Å². The van der Waals surface area contributed by atoms with Crippen LogP contribution in [-0.4, -0.2) is 103 Å². The normalized spacial score (nSPS) is 14.1. The summed E-state index contributed by atoms with van der Waals surface area (Å²) < 4.78 is 3.37. The first-order valence-corrected chi connectivity index (χ1v) is 15.7. The van der Waals surface area contributed by atoms with Crippen molar-refractivity contribution in [1.29, 1.82) is 0 Å². The van der Waals surface area contributed by atoms with E-state index in [0.29, 0.717) is 46.8 Å². The quantitative estimate of drug-likeness (QED) is 0.150. The van der Waals surface area contributed by atoms with Gasteiger partial charge in [-0.25, -0.2) is 19.6 Å². The highest BCUT2D eigenvalue weighted by molar-refractivity contribution is 5.92. The van der Waals surface area contributed by atoms with Crippen molar-refractivity contribution in [2.75, 3.05) is 63.0 Å². The highest BCUT2D eigenvalue weighted by atomic mass is 16.4. The molecule has 5 rings (SSSR count). The first-order chi connectivity index (χ1) is 22.2. The lowest BCUT2D eigenvalue weighted by Gasteiger charge is -2.34. The molecule has 0 spiro atoms. The number of aromatic carboxylic acids is 2. The number of carboxylic acids is 2. The third-order valence-electron chi connectivity index (χ3n) is 8.36. The number of nitrogens with one attached hydrogen (secondary N) is 2. The van der Waals surface area contributed by atoms with Crippen molar-refractivity contribution in [3.63, 3.8) is 0 Å².